The highest BCUT2D eigenvalue weighted by Crippen LogP contribution is 2.19. The van der Waals surface area contributed by atoms with Crippen LogP contribution in [0.3, 0.4) is 0 Å². The summed E-state index contributed by atoms with van der Waals surface area (Å²) >= 11 is 3.33. The summed E-state index contributed by atoms with van der Waals surface area (Å²) in [6, 6.07) is 8.49. The standard InChI is InChI=1S/C15H11BrFNO3/c1-8-2-3-9(6-12(8)16)14(19)18-10-4-5-13(17)11(7-10)15(20)21/h2-7H,1H3,(H,18,19)(H,20,21). The molecule has 0 aliphatic heterocycles. The molecule has 0 spiro atoms. The van der Waals surface area contributed by atoms with Gasteiger partial charge >= 0.3 is 5.97 Å². The summed E-state index contributed by atoms with van der Waals surface area (Å²) in [4.78, 5) is 22.9. The molecule has 0 heterocycles. The Bertz CT molecular complexity index is 731. The number of hydrogen-bond donors (Lipinski definition) is 2. The first-order valence-corrected chi connectivity index (χ1v) is 6.78. The van der Waals surface area contributed by atoms with E-state index in [1.165, 1.54) is 6.07 Å². The maximum atomic E-state index is 13.3. The van der Waals surface area contributed by atoms with Gasteiger partial charge in [0, 0.05) is 15.7 Å². The molecule has 2 aromatic carbocycles. The van der Waals surface area contributed by atoms with Gasteiger partial charge in [-0.3, -0.25) is 4.79 Å². The van der Waals surface area contributed by atoms with Crippen LogP contribution in [0.5, 0.6) is 0 Å². The molecule has 0 radical (unpaired) electrons. The highest BCUT2D eigenvalue weighted by atomic mass is 79.9. The molecule has 2 aromatic rings. The second kappa shape index (κ2) is 6.05. The van der Waals surface area contributed by atoms with Crippen molar-refractivity contribution >= 4 is 33.5 Å². The number of rotatable bonds is 3. The van der Waals surface area contributed by atoms with Crippen LogP contribution in [0, 0.1) is 12.7 Å². The van der Waals surface area contributed by atoms with Gasteiger partial charge in [-0.15, -0.1) is 0 Å². The van der Waals surface area contributed by atoms with Crippen LogP contribution >= 0.6 is 15.9 Å². The molecule has 1 amide bonds. The fourth-order valence-corrected chi connectivity index (χ4v) is 2.08. The molecule has 0 unspecified atom stereocenters. The molecule has 4 nitrogen and oxygen atoms in total. The fourth-order valence-electron chi connectivity index (χ4n) is 1.70. The van der Waals surface area contributed by atoms with Crippen LogP contribution in [0.1, 0.15) is 26.3 Å². The minimum atomic E-state index is -1.39. The SMILES string of the molecule is Cc1ccc(C(=O)Nc2ccc(F)c(C(=O)O)c2)cc1Br. The number of halogens is 2. The van der Waals surface area contributed by atoms with Gasteiger partial charge in [0.05, 0.1) is 5.56 Å². The van der Waals surface area contributed by atoms with E-state index in [1.807, 2.05) is 6.92 Å². The van der Waals surface area contributed by atoms with Crippen LogP contribution in [-0.4, -0.2) is 17.0 Å². The first-order valence-electron chi connectivity index (χ1n) is 5.99. The van der Waals surface area contributed by atoms with Crippen molar-refractivity contribution < 1.29 is 19.1 Å². The molecule has 21 heavy (non-hydrogen) atoms. The Kier molecular flexibility index (Phi) is 4.37. The summed E-state index contributed by atoms with van der Waals surface area (Å²) in [5.74, 6) is -2.64. The monoisotopic (exact) mass is 351 g/mol. The van der Waals surface area contributed by atoms with Gasteiger partial charge in [-0.2, -0.15) is 0 Å². The van der Waals surface area contributed by atoms with E-state index in [4.69, 9.17) is 5.11 Å². The number of anilines is 1. The zero-order valence-electron chi connectivity index (χ0n) is 11.0. The lowest BCUT2D eigenvalue weighted by Crippen LogP contribution is -2.13. The molecular formula is C15H11BrFNO3. The molecule has 2 rings (SSSR count). The van der Waals surface area contributed by atoms with E-state index in [-0.39, 0.29) is 5.69 Å². The molecule has 0 aliphatic rings. The number of nitrogens with one attached hydrogen (secondary N) is 1. The van der Waals surface area contributed by atoms with Gasteiger partial charge in [0.1, 0.15) is 5.82 Å². The number of hydrogen-bond acceptors (Lipinski definition) is 2. The highest BCUT2D eigenvalue weighted by molar-refractivity contribution is 9.10. The van der Waals surface area contributed by atoms with E-state index in [9.17, 15) is 14.0 Å². The maximum Gasteiger partial charge on any atom is 0.338 e. The second-order valence-electron chi connectivity index (χ2n) is 4.42. The number of aryl methyl sites for hydroxylation is 1. The second-order valence-corrected chi connectivity index (χ2v) is 5.27. The van der Waals surface area contributed by atoms with Crippen molar-refractivity contribution in [3.8, 4) is 0 Å². The first-order chi connectivity index (χ1) is 9.88. The lowest BCUT2D eigenvalue weighted by Gasteiger charge is -2.08. The quantitative estimate of drug-likeness (QED) is 0.882. The van der Waals surface area contributed by atoms with Crippen molar-refractivity contribution in [2.75, 3.05) is 5.32 Å². The molecule has 0 aromatic heterocycles. The Morgan fingerprint density at radius 3 is 2.52 bits per heavy atom. The Morgan fingerprint density at radius 2 is 1.90 bits per heavy atom. The van der Waals surface area contributed by atoms with Crippen molar-refractivity contribution in [2.45, 2.75) is 6.92 Å². The molecule has 0 atom stereocenters. The smallest absolute Gasteiger partial charge is 0.338 e. The minimum absolute atomic E-state index is 0.218. The van der Waals surface area contributed by atoms with Crippen molar-refractivity contribution in [3.63, 3.8) is 0 Å². The van der Waals surface area contributed by atoms with Crippen LogP contribution in [0.25, 0.3) is 0 Å². The fraction of sp³-hybridized carbons (Fsp3) is 0.0667. The average molecular weight is 352 g/mol. The normalized spacial score (nSPS) is 10.2. The number of carboxylic acid groups (broad SMARTS) is 1. The summed E-state index contributed by atoms with van der Waals surface area (Å²) in [6.45, 7) is 1.89. The Labute approximate surface area is 128 Å². The Balaban J connectivity index is 2.25. The zero-order chi connectivity index (χ0) is 15.6. The van der Waals surface area contributed by atoms with Gasteiger partial charge in [0.15, 0.2) is 0 Å². The Hall–Kier alpha value is -2.21. The van der Waals surface area contributed by atoms with E-state index in [2.05, 4.69) is 21.2 Å². The van der Waals surface area contributed by atoms with Crippen molar-refractivity contribution in [1.82, 2.24) is 0 Å². The minimum Gasteiger partial charge on any atom is -0.478 e. The van der Waals surface area contributed by atoms with Crippen LogP contribution in [0.15, 0.2) is 40.9 Å². The highest BCUT2D eigenvalue weighted by Gasteiger charge is 2.13. The number of carbonyl (C=O) groups excluding carboxylic acids is 1. The van der Waals surface area contributed by atoms with E-state index in [1.54, 1.807) is 18.2 Å². The number of amides is 1. The summed E-state index contributed by atoms with van der Waals surface area (Å²) in [5, 5.41) is 11.4. The Morgan fingerprint density at radius 1 is 1.19 bits per heavy atom. The summed E-state index contributed by atoms with van der Waals surface area (Å²) in [7, 11) is 0. The van der Waals surface area contributed by atoms with E-state index >= 15 is 0 Å². The van der Waals surface area contributed by atoms with Crippen molar-refractivity contribution in [1.29, 1.82) is 0 Å². The van der Waals surface area contributed by atoms with Gasteiger partial charge < -0.3 is 10.4 Å². The largest absolute Gasteiger partial charge is 0.478 e. The lowest BCUT2D eigenvalue weighted by atomic mass is 10.1. The summed E-state index contributed by atoms with van der Waals surface area (Å²) in [5.41, 5.74) is 1.13. The topological polar surface area (TPSA) is 66.4 Å². The maximum absolute atomic E-state index is 13.3. The van der Waals surface area contributed by atoms with Gasteiger partial charge in [-0.25, -0.2) is 9.18 Å². The molecule has 108 valence electrons. The molecule has 0 saturated heterocycles. The molecule has 0 fully saturated rings. The predicted molar refractivity (Wildman–Crippen MR) is 80.2 cm³/mol. The number of carbonyl (C=O) groups is 2. The van der Waals surface area contributed by atoms with Crippen molar-refractivity contribution in [3.05, 3.63) is 63.4 Å². The third-order valence-electron chi connectivity index (χ3n) is 2.89. The number of aromatic carboxylic acids is 1. The lowest BCUT2D eigenvalue weighted by molar-refractivity contribution is 0.0691. The molecular weight excluding hydrogens is 341 g/mol. The number of carboxylic acids is 1. The average Bonchev–Trinajstić information content (AvgIpc) is 2.43. The van der Waals surface area contributed by atoms with Crippen LogP contribution in [0.2, 0.25) is 0 Å². The van der Waals surface area contributed by atoms with Crippen LogP contribution in [-0.2, 0) is 0 Å². The van der Waals surface area contributed by atoms with Crippen LogP contribution < -0.4 is 5.32 Å². The number of benzene rings is 2. The summed E-state index contributed by atoms with van der Waals surface area (Å²) in [6.07, 6.45) is 0. The molecule has 2 N–H and O–H groups in total. The zero-order valence-corrected chi connectivity index (χ0v) is 12.6. The predicted octanol–water partition coefficient (Wildman–Crippen LogP) is 3.85. The van der Waals surface area contributed by atoms with Crippen LogP contribution in [0.4, 0.5) is 10.1 Å². The van der Waals surface area contributed by atoms with Gasteiger partial charge in [-0.05, 0) is 42.8 Å². The third kappa shape index (κ3) is 3.46. The molecule has 6 heteroatoms. The molecule has 0 bridgehead atoms. The van der Waals surface area contributed by atoms with E-state index in [0.29, 0.717) is 5.56 Å². The molecule has 0 saturated carbocycles. The first kappa shape index (κ1) is 15.2. The van der Waals surface area contributed by atoms with E-state index in [0.717, 1.165) is 22.2 Å². The van der Waals surface area contributed by atoms with Gasteiger partial charge in [0.2, 0.25) is 0 Å². The summed E-state index contributed by atoms with van der Waals surface area (Å²) < 4.78 is 14.1. The van der Waals surface area contributed by atoms with Gasteiger partial charge in [-0.1, -0.05) is 22.0 Å². The third-order valence-corrected chi connectivity index (χ3v) is 3.74. The molecule has 0 aliphatic carbocycles. The van der Waals surface area contributed by atoms with Crippen molar-refractivity contribution in [2.24, 2.45) is 0 Å². The van der Waals surface area contributed by atoms with E-state index < -0.39 is 23.3 Å². The van der Waals surface area contributed by atoms with Gasteiger partial charge in [0.25, 0.3) is 5.91 Å².